The molecule has 0 spiro atoms. The van der Waals surface area contributed by atoms with Gasteiger partial charge in [0.15, 0.2) is 6.10 Å². The van der Waals surface area contributed by atoms with Gasteiger partial charge in [-0.15, -0.1) is 0 Å². The molecule has 18 heavy (non-hydrogen) atoms. The lowest BCUT2D eigenvalue weighted by atomic mass is 10.1. The maximum absolute atomic E-state index is 11.9. The molecule has 1 atom stereocenters. The predicted molar refractivity (Wildman–Crippen MR) is 74.7 cm³/mol. The molecule has 1 rings (SSSR count). The second kappa shape index (κ2) is 6.69. The Morgan fingerprint density at radius 1 is 1.50 bits per heavy atom. The number of ether oxygens (including phenoxy) is 1. The van der Waals surface area contributed by atoms with E-state index in [9.17, 15) is 9.59 Å². The van der Waals surface area contributed by atoms with E-state index in [1.54, 1.807) is 12.1 Å². The van der Waals surface area contributed by atoms with Crippen molar-refractivity contribution in [2.24, 2.45) is 0 Å². The number of rotatable bonds is 5. The summed E-state index contributed by atoms with van der Waals surface area (Å²) in [6.45, 7) is 1.85. The number of aryl methyl sites for hydroxylation is 1. The monoisotopic (exact) mass is 363 g/mol. The Bertz CT molecular complexity index is 461. The highest BCUT2D eigenvalue weighted by molar-refractivity contribution is 14.1. The zero-order valence-electron chi connectivity index (χ0n) is 10.1. The molecule has 0 saturated carbocycles. The van der Waals surface area contributed by atoms with Gasteiger partial charge >= 0.3 is 5.97 Å². The Hall–Kier alpha value is -1.15. The molecular weight excluding hydrogens is 349 g/mol. The molecule has 0 aliphatic heterocycles. The first kappa shape index (κ1) is 14.9. The average molecular weight is 363 g/mol. The minimum Gasteiger partial charge on any atom is -0.479 e. The van der Waals surface area contributed by atoms with Crippen molar-refractivity contribution in [1.82, 2.24) is 5.32 Å². The standard InChI is InChI=1S/C12H14INO4/c1-7-4-3-5-8(10(7)13)11(15)14-6-9(18-2)12(16)17/h3-5,9H,6H2,1-2H3,(H,14,15)(H,16,17). The lowest BCUT2D eigenvalue weighted by Crippen LogP contribution is -2.38. The first-order valence-corrected chi connectivity index (χ1v) is 6.34. The molecule has 6 heteroatoms. The van der Waals surface area contributed by atoms with E-state index < -0.39 is 12.1 Å². The number of methoxy groups -OCH3 is 1. The van der Waals surface area contributed by atoms with Crippen molar-refractivity contribution in [2.45, 2.75) is 13.0 Å². The number of hydrogen-bond donors (Lipinski definition) is 2. The summed E-state index contributed by atoms with van der Waals surface area (Å²) in [4.78, 5) is 22.6. The van der Waals surface area contributed by atoms with Crippen molar-refractivity contribution in [3.63, 3.8) is 0 Å². The topological polar surface area (TPSA) is 75.6 Å². The molecule has 0 aromatic heterocycles. The van der Waals surface area contributed by atoms with Crippen molar-refractivity contribution < 1.29 is 19.4 Å². The number of hydrogen-bond acceptors (Lipinski definition) is 3. The fourth-order valence-corrected chi connectivity index (χ4v) is 1.98. The molecule has 0 fully saturated rings. The van der Waals surface area contributed by atoms with Crippen molar-refractivity contribution in [3.8, 4) is 0 Å². The largest absolute Gasteiger partial charge is 0.479 e. The summed E-state index contributed by atoms with van der Waals surface area (Å²) in [7, 11) is 1.29. The summed E-state index contributed by atoms with van der Waals surface area (Å²) in [5, 5.41) is 11.3. The number of carbonyl (C=O) groups is 2. The minimum atomic E-state index is -1.10. The van der Waals surface area contributed by atoms with Crippen molar-refractivity contribution >= 4 is 34.5 Å². The lowest BCUT2D eigenvalue weighted by Gasteiger charge is -2.12. The van der Waals surface area contributed by atoms with E-state index in [-0.39, 0.29) is 12.5 Å². The van der Waals surface area contributed by atoms with Crippen LogP contribution in [-0.2, 0) is 9.53 Å². The van der Waals surface area contributed by atoms with Crippen LogP contribution in [-0.4, -0.2) is 36.7 Å². The Morgan fingerprint density at radius 3 is 2.72 bits per heavy atom. The summed E-state index contributed by atoms with van der Waals surface area (Å²) in [6, 6.07) is 5.40. The van der Waals surface area contributed by atoms with Crippen LogP contribution in [0, 0.1) is 10.5 Å². The quantitative estimate of drug-likeness (QED) is 0.777. The molecule has 0 heterocycles. The minimum absolute atomic E-state index is 0.0608. The fraction of sp³-hybridized carbons (Fsp3) is 0.333. The molecule has 1 amide bonds. The van der Waals surface area contributed by atoms with Gasteiger partial charge in [0.05, 0.1) is 12.1 Å². The van der Waals surface area contributed by atoms with Gasteiger partial charge < -0.3 is 15.2 Å². The number of amides is 1. The second-order valence-corrected chi connectivity index (χ2v) is 4.79. The molecule has 0 aliphatic carbocycles. The number of benzene rings is 1. The Labute approximate surface area is 119 Å². The molecular formula is C12H14INO4. The summed E-state index contributed by atoms with van der Waals surface area (Å²) in [5.74, 6) is -1.40. The molecule has 0 aliphatic rings. The molecule has 0 bridgehead atoms. The third-order valence-corrected chi connectivity index (χ3v) is 3.88. The van der Waals surface area contributed by atoms with E-state index in [1.165, 1.54) is 7.11 Å². The molecule has 0 saturated heterocycles. The summed E-state index contributed by atoms with van der Waals surface area (Å²) in [6.07, 6.45) is -1.03. The van der Waals surface area contributed by atoms with Crippen LogP contribution < -0.4 is 5.32 Å². The van der Waals surface area contributed by atoms with Crippen LogP contribution in [0.25, 0.3) is 0 Å². The lowest BCUT2D eigenvalue weighted by molar-refractivity contribution is -0.148. The van der Waals surface area contributed by atoms with Crippen LogP contribution in [0.1, 0.15) is 15.9 Å². The van der Waals surface area contributed by atoms with Crippen LogP contribution >= 0.6 is 22.6 Å². The number of nitrogens with one attached hydrogen (secondary N) is 1. The van der Waals surface area contributed by atoms with Crippen LogP contribution in [0.5, 0.6) is 0 Å². The van der Waals surface area contributed by atoms with Gasteiger partial charge in [-0.25, -0.2) is 4.79 Å². The molecule has 1 aromatic carbocycles. The third-order valence-electron chi connectivity index (χ3n) is 2.44. The number of aliphatic carboxylic acids is 1. The van der Waals surface area contributed by atoms with Crippen LogP contribution in [0.2, 0.25) is 0 Å². The van der Waals surface area contributed by atoms with Gasteiger partial charge in [-0.1, -0.05) is 12.1 Å². The van der Waals surface area contributed by atoms with E-state index >= 15 is 0 Å². The first-order valence-electron chi connectivity index (χ1n) is 5.26. The highest BCUT2D eigenvalue weighted by atomic mass is 127. The van der Waals surface area contributed by atoms with Crippen molar-refractivity contribution in [3.05, 3.63) is 32.9 Å². The molecule has 5 nitrogen and oxygen atoms in total. The van der Waals surface area contributed by atoms with Gasteiger partial charge in [0.25, 0.3) is 5.91 Å². The zero-order valence-corrected chi connectivity index (χ0v) is 12.2. The van der Waals surface area contributed by atoms with Gasteiger partial charge in [-0.05, 0) is 41.1 Å². The van der Waals surface area contributed by atoms with Crippen LogP contribution in [0.15, 0.2) is 18.2 Å². The highest BCUT2D eigenvalue weighted by Crippen LogP contribution is 2.16. The van der Waals surface area contributed by atoms with Gasteiger partial charge in [-0.2, -0.15) is 0 Å². The SMILES string of the molecule is COC(CNC(=O)c1cccc(C)c1I)C(=O)O. The molecule has 98 valence electrons. The normalized spacial score (nSPS) is 11.9. The maximum atomic E-state index is 11.9. The van der Waals surface area contributed by atoms with E-state index in [1.807, 2.05) is 13.0 Å². The van der Waals surface area contributed by atoms with E-state index in [2.05, 4.69) is 27.9 Å². The van der Waals surface area contributed by atoms with Gasteiger partial charge in [0.2, 0.25) is 0 Å². The number of carboxylic acids is 1. The van der Waals surface area contributed by atoms with Crippen LogP contribution in [0.4, 0.5) is 0 Å². The van der Waals surface area contributed by atoms with Gasteiger partial charge in [-0.3, -0.25) is 4.79 Å². The highest BCUT2D eigenvalue weighted by Gasteiger charge is 2.18. The van der Waals surface area contributed by atoms with Gasteiger partial charge in [0, 0.05) is 10.7 Å². The number of carbonyl (C=O) groups excluding carboxylic acids is 1. The molecule has 1 aromatic rings. The van der Waals surface area contributed by atoms with E-state index in [4.69, 9.17) is 9.84 Å². The number of halogens is 1. The first-order chi connectivity index (χ1) is 8.47. The Kier molecular flexibility index (Phi) is 5.54. The summed E-state index contributed by atoms with van der Waals surface area (Å²) >= 11 is 2.09. The smallest absolute Gasteiger partial charge is 0.334 e. The number of carboxylic acid groups (broad SMARTS) is 1. The predicted octanol–water partition coefficient (Wildman–Crippen LogP) is 1.43. The fourth-order valence-electron chi connectivity index (χ4n) is 1.37. The Balaban J connectivity index is 2.71. The van der Waals surface area contributed by atoms with E-state index in [0.717, 1.165) is 9.13 Å². The third kappa shape index (κ3) is 3.67. The van der Waals surface area contributed by atoms with Crippen LogP contribution in [0.3, 0.4) is 0 Å². The summed E-state index contributed by atoms with van der Waals surface area (Å²) < 4.78 is 5.59. The molecule has 1 unspecified atom stereocenters. The zero-order chi connectivity index (χ0) is 13.7. The Morgan fingerprint density at radius 2 is 2.17 bits per heavy atom. The molecule has 2 N–H and O–H groups in total. The van der Waals surface area contributed by atoms with Crippen molar-refractivity contribution in [2.75, 3.05) is 13.7 Å². The van der Waals surface area contributed by atoms with Gasteiger partial charge in [0.1, 0.15) is 0 Å². The maximum Gasteiger partial charge on any atom is 0.334 e. The average Bonchev–Trinajstić information content (AvgIpc) is 2.32. The summed E-state index contributed by atoms with van der Waals surface area (Å²) in [5.41, 5.74) is 1.54. The van der Waals surface area contributed by atoms with E-state index in [0.29, 0.717) is 5.56 Å². The molecule has 0 radical (unpaired) electrons. The van der Waals surface area contributed by atoms with Crippen molar-refractivity contribution in [1.29, 1.82) is 0 Å². The second-order valence-electron chi connectivity index (χ2n) is 3.71.